The third kappa shape index (κ3) is 7.60. The number of hydrogen-bond acceptors (Lipinski definition) is 3. The molecule has 0 bridgehead atoms. The molecule has 2 atom stereocenters. The monoisotopic (exact) mass is 355 g/mol. The molecule has 0 heterocycles. The number of nitrogens with one attached hydrogen (secondary N) is 2. The van der Waals surface area contributed by atoms with Crippen LogP contribution in [-0.2, 0) is 9.59 Å². The molecular formula is C18H33N3O2S. The average molecular weight is 356 g/mol. The third-order valence-electron chi connectivity index (χ3n) is 4.75. The largest absolute Gasteiger partial charge is 0.381 e. The van der Waals surface area contributed by atoms with E-state index < -0.39 is 5.91 Å². The predicted octanol–water partition coefficient (Wildman–Crippen LogP) is 2.53. The lowest BCUT2D eigenvalue weighted by molar-refractivity contribution is -0.130. The van der Waals surface area contributed by atoms with Crippen molar-refractivity contribution in [1.29, 1.82) is 0 Å². The fourth-order valence-electron chi connectivity index (χ4n) is 3.55. The summed E-state index contributed by atoms with van der Waals surface area (Å²) in [5, 5.41) is 6.08. The first-order valence-corrected chi connectivity index (χ1v) is 9.54. The standard InChI is InChI=1S/C18H33N3O2S/c1-12(2)9-14(11-16(19)22)17(23)21-15(18(24)20-3)10-13-7-5-4-6-8-13/h12-15H,4-11H2,1-3H3,(H2,19,22)(H,20,24)(H,21,23)/t14-,15+/m1/s1. The molecule has 0 radical (unpaired) electrons. The van der Waals surface area contributed by atoms with Crippen LogP contribution < -0.4 is 16.4 Å². The summed E-state index contributed by atoms with van der Waals surface area (Å²) in [6, 6.07) is -0.164. The summed E-state index contributed by atoms with van der Waals surface area (Å²) in [6.07, 6.45) is 7.84. The van der Waals surface area contributed by atoms with Gasteiger partial charge in [-0.2, -0.15) is 0 Å². The number of rotatable bonds is 9. The quantitative estimate of drug-likeness (QED) is 0.555. The van der Waals surface area contributed by atoms with Gasteiger partial charge < -0.3 is 16.4 Å². The smallest absolute Gasteiger partial charge is 0.224 e. The lowest BCUT2D eigenvalue weighted by Crippen LogP contribution is -2.48. The van der Waals surface area contributed by atoms with Crippen LogP contribution >= 0.6 is 12.2 Å². The van der Waals surface area contributed by atoms with Gasteiger partial charge in [-0.05, 0) is 24.7 Å². The molecular weight excluding hydrogens is 322 g/mol. The van der Waals surface area contributed by atoms with Crippen molar-refractivity contribution in [1.82, 2.24) is 10.6 Å². The van der Waals surface area contributed by atoms with Gasteiger partial charge in [-0.3, -0.25) is 9.59 Å². The Kier molecular flexibility index (Phi) is 9.26. The SMILES string of the molecule is CNC(=S)[C@H](CC1CCCCC1)NC(=O)[C@@H](CC(N)=O)CC(C)C. The van der Waals surface area contributed by atoms with Crippen LogP contribution in [0.3, 0.4) is 0 Å². The molecule has 1 fully saturated rings. The van der Waals surface area contributed by atoms with Crippen LogP contribution in [0.5, 0.6) is 0 Å². The van der Waals surface area contributed by atoms with Crippen LogP contribution in [0, 0.1) is 17.8 Å². The first-order valence-electron chi connectivity index (χ1n) is 9.13. The molecule has 0 aromatic carbocycles. The van der Waals surface area contributed by atoms with E-state index in [0.29, 0.717) is 23.2 Å². The van der Waals surface area contributed by atoms with Gasteiger partial charge in [0.2, 0.25) is 11.8 Å². The van der Waals surface area contributed by atoms with Crippen LogP contribution in [0.25, 0.3) is 0 Å². The van der Waals surface area contributed by atoms with Gasteiger partial charge in [0, 0.05) is 19.4 Å². The second-order valence-electron chi connectivity index (χ2n) is 7.41. The minimum absolute atomic E-state index is 0.0898. The molecule has 1 saturated carbocycles. The Hall–Kier alpha value is -1.17. The topological polar surface area (TPSA) is 84.2 Å². The minimum Gasteiger partial charge on any atom is -0.381 e. The maximum Gasteiger partial charge on any atom is 0.224 e. The van der Waals surface area contributed by atoms with Gasteiger partial charge in [0.05, 0.1) is 11.0 Å². The number of amides is 2. The molecule has 24 heavy (non-hydrogen) atoms. The number of likely N-dealkylation sites (N-methyl/N-ethyl adjacent to an activating group) is 1. The second kappa shape index (κ2) is 10.6. The molecule has 2 amide bonds. The van der Waals surface area contributed by atoms with Gasteiger partial charge in [0.15, 0.2) is 0 Å². The van der Waals surface area contributed by atoms with E-state index in [9.17, 15) is 9.59 Å². The van der Waals surface area contributed by atoms with Gasteiger partial charge in [-0.15, -0.1) is 0 Å². The minimum atomic E-state index is -0.434. The molecule has 6 heteroatoms. The number of hydrogen-bond donors (Lipinski definition) is 3. The van der Waals surface area contributed by atoms with E-state index in [1.807, 2.05) is 13.8 Å². The average Bonchev–Trinajstić information content (AvgIpc) is 2.52. The molecule has 4 N–H and O–H groups in total. The highest BCUT2D eigenvalue weighted by molar-refractivity contribution is 7.80. The van der Waals surface area contributed by atoms with Crippen molar-refractivity contribution in [3.63, 3.8) is 0 Å². The summed E-state index contributed by atoms with van der Waals surface area (Å²) < 4.78 is 0. The first kappa shape index (κ1) is 20.9. The number of nitrogens with two attached hydrogens (primary N) is 1. The maximum atomic E-state index is 12.7. The zero-order chi connectivity index (χ0) is 18.1. The van der Waals surface area contributed by atoms with Crippen molar-refractivity contribution in [2.45, 2.75) is 71.3 Å². The highest BCUT2D eigenvalue weighted by Gasteiger charge is 2.27. The number of carbonyl (C=O) groups is 2. The molecule has 0 aliphatic heterocycles. The molecule has 1 aliphatic carbocycles. The van der Waals surface area contributed by atoms with E-state index >= 15 is 0 Å². The van der Waals surface area contributed by atoms with Crippen molar-refractivity contribution >= 4 is 29.0 Å². The van der Waals surface area contributed by atoms with E-state index in [0.717, 1.165) is 6.42 Å². The Labute approximate surface area is 151 Å². The van der Waals surface area contributed by atoms with Crippen molar-refractivity contribution in [3.8, 4) is 0 Å². The molecule has 0 saturated heterocycles. The highest BCUT2D eigenvalue weighted by Crippen LogP contribution is 2.28. The zero-order valence-electron chi connectivity index (χ0n) is 15.3. The second-order valence-corrected chi connectivity index (χ2v) is 7.85. The lowest BCUT2D eigenvalue weighted by Gasteiger charge is -2.29. The van der Waals surface area contributed by atoms with E-state index in [-0.39, 0.29) is 24.3 Å². The lowest BCUT2D eigenvalue weighted by atomic mass is 9.84. The van der Waals surface area contributed by atoms with Crippen LogP contribution in [-0.4, -0.2) is 29.9 Å². The molecule has 1 aliphatic rings. The maximum absolute atomic E-state index is 12.7. The first-order chi connectivity index (χ1) is 11.3. The summed E-state index contributed by atoms with van der Waals surface area (Å²) in [5.41, 5.74) is 5.32. The van der Waals surface area contributed by atoms with Crippen LogP contribution in [0.4, 0.5) is 0 Å². The zero-order valence-corrected chi connectivity index (χ0v) is 16.1. The summed E-state index contributed by atoms with van der Waals surface area (Å²) in [7, 11) is 1.79. The Bertz CT molecular complexity index is 434. The number of thiocarbonyl (C=S) groups is 1. The Morgan fingerprint density at radius 1 is 1.21 bits per heavy atom. The van der Waals surface area contributed by atoms with Gasteiger partial charge in [0.25, 0.3) is 0 Å². The van der Waals surface area contributed by atoms with E-state index in [2.05, 4.69) is 10.6 Å². The van der Waals surface area contributed by atoms with E-state index in [4.69, 9.17) is 18.0 Å². The van der Waals surface area contributed by atoms with E-state index in [1.54, 1.807) is 7.05 Å². The Morgan fingerprint density at radius 2 is 1.83 bits per heavy atom. The molecule has 0 aromatic heterocycles. The normalized spacial score (nSPS) is 18.0. The van der Waals surface area contributed by atoms with Crippen molar-refractivity contribution in [2.24, 2.45) is 23.5 Å². The molecule has 0 spiro atoms. The summed E-state index contributed by atoms with van der Waals surface area (Å²) in [4.78, 5) is 24.6. The summed E-state index contributed by atoms with van der Waals surface area (Å²) in [5.74, 6) is 0.0101. The fraction of sp³-hybridized carbons (Fsp3) is 0.833. The molecule has 1 rings (SSSR count). The van der Waals surface area contributed by atoms with Gasteiger partial charge in [-0.25, -0.2) is 0 Å². The van der Waals surface area contributed by atoms with E-state index in [1.165, 1.54) is 32.1 Å². The molecule has 0 aromatic rings. The number of carbonyl (C=O) groups excluding carboxylic acids is 2. The van der Waals surface area contributed by atoms with Crippen molar-refractivity contribution in [3.05, 3.63) is 0 Å². The van der Waals surface area contributed by atoms with Gasteiger partial charge in [-0.1, -0.05) is 58.2 Å². The summed E-state index contributed by atoms with van der Waals surface area (Å²) in [6.45, 7) is 4.08. The number of primary amides is 1. The fourth-order valence-corrected chi connectivity index (χ4v) is 3.70. The predicted molar refractivity (Wildman–Crippen MR) is 102 cm³/mol. The Morgan fingerprint density at radius 3 is 2.33 bits per heavy atom. The van der Waals surface area contributed by atoms with Gasteiger partial charge >= 0.3 is 0 Å². The van der Waals surface area contributed by atoms with Gasteiger partial charge in [0.1, 0.15) is 0 Å². The summed E-state index contributed by atoms with van der Waals surface area (Å²) >= 11 is 5.41. The van der Waals surface area contributed by atoms with Crippen LogP contribution in [0.1, 0.15) is 65.2 Å². The van der Waals surface area contributed by atoms with Crippen LogP contribution in [0.15, 0.2) is 0 Å². The van der Waals surface area contributed by atoms with Crippen LogP contribution in [0.2, 0.25) is 0 Å². The van der Waals surface area contributed by atoms with Crippen molar-refractivity contribution < 1.29 is 9.59 Å². The third-order valence-corrected chi connectivity index (χ3v) is 5.24. The molecule has 5 nitrogen and oxygen atoms in total. The molecule has 138 valence electrons. The van der Waals surface area contributed by atoms with Crippen molar-refractivity contribution in [2.75, 3.05) is 7.05 Å². The highest BCUT2D eigenvalue weighted by atomic mass is 32.1. The molecule has 0 unspecified atom stereocenters. The Balaban J connectivity index is 2.72.